The number of halogens is 1. The Kier molecular flexibility index (Phi) is 12.2. The highest BCUT2D eigenvalue weighted by Gasteiger charge is 2.29. The highest BCUT2D eigenvalue weighted by atomic mass is 19.1. The first-order valence-electron chi connectivity index (χ1n) is 22.8. The van der Waals surface area contributed by atoms with E-state index in [1.54, 1.807) is 12.4 Å². The van der Waals surface area contributed by atoms with E-state index in [2.05, 4.69) is 103 Å². The summed E-state index contributed by atoms with van der Waals surface area (Å²) in [5.74, 6) is 0.439. The zero-order chi connectivity index (χ0) is 45.4. The van der Waals surface area contributed by atoms with Crippen molar-refractivity contribution in [2.24, 2.45) is 5.92 Å². The first-order valence-corrected chi connectivity index (χ1v) is 22.8. The number of nitrogens with zero attached hydrogens (tertiary/aromatic N) is 8. The van der Waals surface area contributed by atoms with Crippen molar-refractivity contribution in [1.82, 2.24) is 35.3 Å². The third-order valence-corrected chi connectivity index (χ3v) is 13.3. The average Bonchev–Trinajstić information content (AvgIpc) is 3.99. The van der Waals surface area contributed by atoms with Crippen molar-refractivity contribution in [3.63, 3.8) is 0 Å². The van der Waals surface area contributed by atoms with E-state index in [-0.39, 0.29) is 47.6 Å². The summed E-state index contributed by atoms with van der Waals surface area (Å²) in [5, 5.41) is 7.23. The summed E-state index contributed by atoms with van der Waals surface area (Å²) in [6.07, 6.45) is 4.85. The molecule has 0 radical (unpaired) electrons. The summed E-state index contributed by atoms with van der Waals surface area (Å²) in [6, 6.07) is 21.8. The summed E-state index contributed by atoms with van der Waals surface area (Å²) in [4.78, 5) is 62.4. The summed E-state index contributed by atoms with van der Waals surface area (Å²) < 4.78 is 20.4. The lowest BCUT2D eigenvalue weighted by Gasteiger charge is -2.40. The standard InChI is InChI=1S/C50H57FN10O4/c1-31(6-15-43(62)47-56-48(57-65-47)50(3,4)5)38-13-9-35(26-32(38)2)45-39-28-41(54-46(39)53-30-52-45)34-7-10-36(11-8-34)60-24-22-58(23-25-60)29-33-16-19-59(20-17-33)37-12-14-42(40(51)27-37)61-21-18-44(63)55-49(61)64/h7-14,26-28,30-31,33H,6,15-25,29H2,1-5H3,(H,52,53,54)(H,55,63,64)/t31-/m0/s1. The Morgan fingerprint density at radius 3 is 2.29 bits per heavy atom. The number of aromatic nitrogens is 5. The number of amides is 3. The van der Waals surface area contributed by atoms with Crippen molar-refractivity contribution >= 4 is 45.8 Å². The second-order valence-corrected chi connectivity index (χ2v) is 18.9. The molecule has 3 aromatic carbocycles. The first-order chi connectivity index (χ1) is 31.3. The second-order valence-electron chi connectivity index (χ2n) is 18.9. The summed E-state index contributed by atoms with van der Waals surface area (Å²) in [6.45, 7) is 17.1. The SMILES string of the molecule is Cc1cc(-c2ncnc3[nH]c(-c4ccc(N5CCN(CC6CCN(c7ccc(N8CCC(=O)NC8=O)c(F)c7)CC6)CC5)cc4)cc23)ccc1[C@@H](C)CCC(=O)c1nc(C(C)(C)C)no1. The van der Waals surface area contributed by atoms with Crippen molar-refractivity contribution < 1.29 is 23.3 Å². The highest BCUT2D eigenvalue weighted by molar-refractivity contribution is 6.05. The van der Waals surface area contributed by atoms with Crippen LogP contribution in [0.3, 0.4) is 0 Å². The van der Waals surface area contributed by atoms with E-state index >= 15 is 4.39 Å². The quantitative estimate of drug-likeness (QED) is 0.113. The number of hydrogen-bond acceptors (Lipinski definition) is 11. The Hall–Kier alpha value is -6.48. The number of aryl methyl sites for hydroxylation is 1. The number of aromatic amines is 1. The molecule has 0 bridgehead atoms. The molecule has 65 heavy (non-hydrogen) atoms. The van der Waals surface area contributed by atoms with Crippen LogP contribution in [0.4, 0.5) is 26.2 Å². The lowest BCUT2D eigenvalue weighted by molar-refractivity contribution is -0.120. The zero-order valence-electron chi connectivity index (χ0n) is 37.9. The van der Waals surface area contributed by atoms with Gasteiger partial charge in [0.1, 0.15) is 17.8 Å². The van der Waals surface area contributed by atoms with Gasteiger partial charge < -0.3 is 19.3 Å². The number of Topliss-reactive ketones (excluding diaryl/α,β-unsaturated/α-hetero) is 1. The van der Waals surface area contributed by atoms with Crippen molar-refractivity contribution in [1.29, 1.82) is 0 Å². The maximum absolute atomic E-state index is 15.2. The van der Waals surface area contributed by atoms with Gasteiger partial charge in [0.25, 0.3) is 5.89 Å². The molecule has 9 rings (SSSR count). The van der Waals surface area contributed by atoms with Crippen LogP contribution in [-0.4, -0.2) is 100 Å². The predicted molar refractivity (Wildman–Crippen MR) is 250 cm³/mol. The van der Waals surface area contributed by atoms with E-state index in [0.29, 0.717) is 24.6 Å². The smallest absolute Gasteiger partial charge is 0.328 e. The van der Waals surface area contributed by atoms with Crippen LogP contribution >= 0.6 is 0 Å². The number of carbonyl (C=O) groups is 3. The molecule has 3 amide bonds. The van der Waals surface area contributed by atoms with Gasteiger partial charge in [0.05, 0.1) is 11.4 Å². The molecule has 2 N–H and O–H groups in total. The van der Waals surface area contributed by atoms with Crippen LogP contribution in [0.1, 0.15) is 93.4 Å². The summed E-state index contributed by atoms with van der Waals surface area (Å²) in [7, 11) is 0. The topological polar surface area (TPSA) is 157 Å². The summed E-state index contributed by atoms with van der Waals surface area (Å²) in [5.41, 5.74) is 9.01. The number of hydrogen-bond donors (Lipinski definition) is 2. The third kappa shape index (κ3) is 9.51. The number of anilines is 3. The Morgan fingerprint density at radius 2 is 1.60 bits per heavy atom. The minimum absolute atomic E-state index is 0.0801. The number of rotatable bonds is 12. The molecule has 0 aliphatic carbocycles. The van der Waals surface area contributed by atoms with Gasteiger partial charge in [-0.2, -0.15) is 4.98 Å². The van der Waals surface area contributed by atoms with E-state index in [9.17, 15) is 14.4 Å². The number of urea groups is 1. The largest absolute Gasteiger partial charge is 0.371 e. The van der Waals surface area contributed by atoms with E-state index < -0.39 is 11.8 Å². The minimum atomic E-state index is -0.580. The van der Waals surface area contributed by atoms with Gasteiger partial charge in [0.2, 0.25) is 11.7 Å². The zero-order valence-corrected chi connectivity index (χ0v) is 37.9. The first kappa shape index (κ1) is 43.8. The number of fused-ring (bicyclic) bond motifs is 1. The van der Waals surface area contributed by atoms with Crippen LogP contribution in [-0.2, 0) is 10.2 Å². The van der Waals surface area contributed by atoms with Crippen LogP contribution in [0.25, 0.3) is 33.5 Å². The number of carbonyl (C=O) groups excluding carboxylic acids is 3. The predicted octanol–water partition coefficient (Wildman–Crippen LogP) is 8.67. The fourth-order valence-corrected chi connectivity index (χ4v) is 9.44. The number of imide groups is 1. The van der Waals surface area contributed by atoms with Gasteiger partial charge in [-0.3, -0.25) is 24.7 Å². The molecular formula is C50H57FN10O4. The molecular weight excluding hydrogens is 824 g/mol. The highest BCUT2D eigenvalue weighted by Crippen LogP contribution is 2.35. The molecule has 3 fully saturated rings. The van der Waals surface area contributed by atoms with Gasteiger partial charge in [0.15, 0.2) is 5.82 Å². The van der Waals surface area contributed by atoms with Gasteiger partial charge in [-0.15, -0.1) is 0 Å². The molecule has 3 saturated heterocycles. The molecule has 1 atom stereocenters. The van der Waals surface area contributed by atoms with Crippen molar-refractivity contribution in [2.45, 2.75) is 78.1 Å². The van der Waals surface area contributed by atoms with Crippen LogP contribution in [0.5, 0.6) is 0 Å². The molecule has 3 aliphatic heterocycles. The molecule has 0 saturated carbocycles. The van der Waals surface area contributed by atoms with E-state index in [1.807, 2.05) is 26.8 Å². The Balaban J connectivity index is 0.762. The third-order valence-electron chi connectivity index (χ3n) is 13.3. The normalized spacial score (nSPS) is 17.2. The monoisotopic (exact) mass is 880 g/mol. The molecule has 6 heterocycles. The van der Waals surface area contributed by atoms with Crippen molar-refractivity contribution in [3.8, 4) is 22.5 Å². The van der Waals surface area contributed by atoms with Crippen molar-refractivity contribution in [2.75, 3.05) is 67.1 Å². The number of H-pyrrole nitrogens is 1. The lowest BCUT2D eigenvalue weighted by atomic mass is 9.90. The fraction of sp³-hybridized carbons (Fsp3) is 0.420. The fourth-order valence-electron chi connectivity index (χ4n) is 9.44. The van der Waals surface area contributed by atoms with Gasteiger partial charge in [0, 0.05) is 98.6 Å². The van der Waals surface area contributed by atoms with Crippen LogP contribution in [0, 0.1) is 18.7 Å². The molecule has 15 heteroatoms. The minimum Gasteiger partial charge on any atom is -0.371 e. The molecule has 0 unspecified atom stereocenters. The van der Waals surface area contributed by atoms with Gasteiger partial charge in [-0.1, -0.05) is 57.1 Å². The van der Waals surface area contributed by atoms with Crippen molar-refractivity contribution in [3.05, 3.63) is 102 Å². The van der Waals surface area contributed by atoms with E-state index in [4.69, 9.17) is 9.51 Å². The molecule has 14 nitrogen and oxygen atoms in total. The lowest BCUT2D eigenvalue weighted by Crippen LogP contribution is -2.50. The maximum Gasteiger partial charge on any atom is 0.328 e. The van der Waals surface area contributed by atoms with Crippen LogP contribution < -0.4 is 20.0 Å². The molecule has 6 aromatic rings. The van der Waals surface area contributed by atoms with E-state index in [0.717, 1.165) is 103 Å². The van der Waals surface area contributed by atoms with Gasteiger partial charge >= 0.3 is 6.03 Å². The van der Waals surface area contributed by atoms with Crippen LogP contribution in [0.2, 0.25) is 0 Å². The van der Waals surface area contributed by atoms with Gasteiger partial charge in [-0.05, 0) is 97.2 Å². The van der Waals surface area contributed by atoms with E-state index in [1.165, 1.54) is 22.2 Å². The number of benzene rings is 3. The van der Waals surface area contributed by atoms with Crippen LogP contribution in [0.15, 0.2) is 77.6 Å². The molecule has 3 aliphatic rings. The Bertz CT molecular complexity index is 2710. The summed E-state index contributed by atoms with van der Waals surface area (Å²) >= 11 is 0. The molecule has 338 valence electrons. The number of ketones is 1. The number of piperazine rings is 1. The maximum atomic E-state index is 15.2. The molecule has 0 spiro atoms. The Morgan fingerprint density at radius 1 is 0.877 bits per heavy atom. The number of piperidine rings is 1. The molecule has 3 aromatic heterocycles. The Labute approximate surface area is 378 Å². The number of nitrogens with one attached hydrogen (secondary N) is 2. The van der Waals surface area contributed by atoms with Gasteiger partial charge in [-0.25, -0.2) is 19.2 Å². The average molecular weight is 881 g/mol. The second kappa shape index (κ2) is 18.2.